The highest BCUT2D eigenvalue weighted by Gasteiger charge is 1.18. The van der Waals surface area contributed by atoms with E-state index in [0.717, 1.165) is 0 Å². The Labute approximate surface area is 25.1 Å². The first-order valence-electron chi connectivity index (χ1n) is 0.383. The van der Waals surface area contributed by atoms with E-state index in [1.54, 1.807) is 0 Å². The van der Waals surface area contributed by atoms with Crippen molar-refractivity contribution in [2.75, 3.05) is 0 Å². The van der Waals surface area contributed by atoms with Gasteiger partial charge in [-0.05, 0) is 0 Å². The highest BCUT2D eigenvalue weighted by atomic mass is 16.6. The van der Waals surface area contributed by atoms with Crippen LogP contribution in [0.5, 0.6) is 0 Å². The summed E-state index contributed by atoms with van der Waals surface area (Å²) >= 11 is 0. The minimum absolute atomic E-state index is 0. The van der Waals surface area contributed by atoms with Gasteiger partial charge in [-0.2, -0.15) is 0 Å². The van der Waals surface area contributed by atoms with Crippen molar-refractivity contribution in [2.24, 2.45) is 5.34 Å². The van der Waals surface area contributed by atoms with Crippen molar-refractivity contribution in [1.82, 2.24) is 0 Å². The molecule has 0 rings (SSSR count). The molecular weight excluding hydrogens is 56.8 g/mol. The minimum Gasteiger partial charge on any atom is -0.379 e. The van der Waals surface area contributed by atoms with E-state index in [1.807, 2.05) is 0 Å². The molecule has 0 fully saturated rings. The second-order valence-electron chi connectivity index (χ2n) is 0.0816. The van der Waals surface area contributed by atoms with E-state index in [4.69, 9.17) is 10.1 Å². The molecule has 0 saturated carbocycles. The van der Waals surface area contributed by atoms with Crippen molar-refractivity contribution in [3.63, 3.8) is 0 Å². The second-order valence-corrected chi connectivity index (χ2v) is 0.0816. The van der Waals surface area contributed by atoms with E-state index in [1.165, 1.54) is 5.34 Å². The fraction of sp³-hybridized carbons (Fsp3) is 0. The van der Waals surface area contributed by atoms with Crippen molar-refractivity contribution in [2.45, 2.75) is 0 Å². The summed E-state index contributed by atoms with van der Waals surface area (Å²) in [4.78, 5) is 8.11. The Balaban J connectivity index is 0. The van der Waals surface area contributed by atoms with Crippen molar-refractivity contribution >= 4 is 8.41 Å². The summed E-state index contributed by atoms with van der Waals surface area (Å²) < 4.78 is 0. The highest BCUT2D eigenvalue weighted by Crippen LogP contribution is 1.25. The number of hydrogen-bond donors (Lipinski definition) is 1. The SMILES string of the molecule is B.O=NO. The number of hydrogen-bond acceptors (Lipinski definition) is 2. The van der Waals surface area contributed by atoms with Crippen LogP contribution in [0, 0.1) is 4.91 Å². The zero-order valence-electron chi connectivity index (χ0n) is 1.30. The second kappa shape index (κ2) is 24.5. The fourth-order valence-electron chi connectivity index (χ4n) is 0. The summed E-state index contributed by atoms with van der Waals surface area (Å²) in [7, 11) is 0. The standard InChI is InChI=1S/BH3.HNO2/c;2-1-3/h1H3;(H,2,3). The van der Waals surface area contributed by atoms with Crippen molar-refractivity contribution in [3.05, 3.63) is 4.91 Å². The van der Waals surface area contributed by atoms with Gasteiger partial charge >= 0.3 is 0 Å². The molecule has 0 aliphatic rings. The number of nitrogens with zero attached hydrogens (tertiary/aromatic N) is 1. The van der Waals surface area contributed by atoms with Gasteiger partial charge in [-0.25, -0.2) is 0 Å². The zero-order chi connectivity index (χ0) is 2.71. The molecule has 0 aromatic rings. The average molecular weight is 60.8 g/mol. The summed E-state index contributed by atoms with van der Waals surface area (Å²) in [5.74, 6) is 0. The highest BCUT2D eigenvalue weighted by molar-refractivity contribution is 5.75. The Morgan fingerprint density at radius 3 is 1.75 bits per heavy atom. The van der Waals surface area contributed by atoms with Crippen LogP contribution in [0.15, 0.2) is 5.34 Å². The fourth-order valence-corrected chi connectivity index (χ4v) is 0. The third-order valence-corrected chi connectivity index (χ3v) is 0. The molecular formula is H4BNO2. The summed E-state index contributed by atoms with van der Waals surface area (Å²) in [5, 5.41) is 7.89. The molecule has 0 radical (unpaired) electrons. The molecule has 1 N–H and O–H groups in total. The van der Waals surface area contributed by atoms with E-state index in [2.05, 4.69) is 0 Å². The lowest BCUT2D eigenvalue weighted by Gasteiger charge is -1.32. The van der Waals surface area contributed by atoms with Crippen molar-refractivity contribution in [3.8, 4) is 0 Å². The largest absolute Gasteiger partial charge is 0.379 e. The summed E-state index contributed by atoms with van der Waals surface area (Å²) in [5.41, 5.74) is 0. The van der Waals surface area contributed by atoms with Gasteiger partial charge in [0.2, 0.25) is 0 Å². The summed E-state index contributed by atoms with van der Waals surface area (Å²) in [6.07, 6.45) is 0. The predicted molar refractivity (Wildman–Crippen MR) is 17.5 cm³/mol. The Morgan fingerprint density at radius 2 is 1.75 bits per heavy atom. The van der Waals surface area contributed by atoms with E-state index < -0.39 is 0 Å². The van der Waals surface area contributed by atoms with Crippen LogP contribution in [0.3, 0.4) is 0 Å². The summed E-state index contributed by atoms with van der Waals surface area (Å²) in [6, 6.07) is 0. The lowest BCUT2D eigenvalue weighted by Crippen LogP contribution is -1.25. The van der Waals surface area contributed by atoms with Gasteiger partial charge in [0.05, 0.1) is 8.41 Å². The van der Waals surface area contributed by atoms with Gasteiger partial charge in [-0.15, -0.1) is 4.91 Å². The maximum Gasteiger partial charge on any atom is 0.152 e. The molecule has 0 aliphatic carbocycles. The maximum absolute atomic E-state index is 8.11. The molecule has 0 aromatic carbocycles. The van der Waals surface area contributed by atoms with Crippen molar-refractivity contribution in [1.29, 1.82) is 0 Å². The Bertz CT molecular complexity index is 13.5. The maximum atomic E-state index is 8.11. The van der Waals surface area contributed by atoms with Gasteiger partial charge in [0.25, 0.3) is 0 Å². The van der Waals surface area contributed by atoms with E-state index in [9.17, 15) is 0 Å². The third kappa shape index (κ3) is 1.11. The van der Waals surface area contributed by atoms with Crippen LogP contribution in [0.2, 0.25) is 0 Å². The monoisotopic (exact) mass is 61.0 g/mol. The van der Waals surface area contributed by atoms with Crippen LogP contribution in [0.1, 0.15) is 0 Å². The van der Waals surface area contributed by atoms with Gasteiger partial charge in [0, 0.05) is 0 Å². The Morgan fingerprint density at radius 1 is 1.75 bits per heavy atom. The van der Waals surface area contributed by atoms with Crippen LogP contribution in [-0.2, 0) is 0 Å². The van der Waals surface area contributed by atoms with E-state index in [-0.39, 0.29) is 8.41 Å². The van der Waals surface area contributed by atoms with Crippen LogP contribution in [-0.4, -0.2) is 13.6 Å². The Kier molecular flexibility index (Phi) is 60.0. The van der Waals surface area contributed by atoms with Gasteiger partial charge in [0.15, 0.2) is 5.34 Å². The first kappa shape index (κ1) is 9.81. The minimum atomic E-state index is 0. The predicted octanol–water partition coefficient (Wildman–Crippen LogP) is -1.04. The smallest absolute Gasteiger partial charge is 0.152 e. The Hall–Kier alpha value is -0.535. The lowest BCUT2D eigenvalue weighted by atomic mass is 10.8. The molecule has 0 bridgehead atoms. The topological polar surface area (TPSA) is 49.7 Å². The molecule has 3 nitrogen and oxygen atoms in total. The molecule has 0 amide bonds. The van der Waals surface area contributed by atoms with Gasteiger partial charge in [0.1, 0.15) is 0 Å². The van der Waals surface area contributed by atoms with Crippen molar-refractivity contribution < 1.29 is 5.21 Å². The molecule has 0 heterocycles. The molecule has 24 valence electrons. The number of rotatable bonds is 0. The molecule has 0 saturated heterocycles. The molecule has 0 spiro atoms. The van der Waals surface area contributed by atoms with Crippen LogP contribution >= 0.6 is 0 Å². The first-order valence-corrected chi connectivity index (χ1v) is 0.383. The quantitative estimate of drug-likeness (QED) is 0.221. The van der Waals surface area contributed by atoms with Crippen LogP contribution < -0.4 is 0 Å². The van der Waals surface area contributed by atoms with Gasteiger partial charge < -0.3 is 5.21 Å². The van der Waals surface area contributed by atoms with Crippen LogP contribution in [0.25, 0.3) is 0 Å². The molecule has 0 atom stereocenters. The van der Waals surface area contributed by atoms with Gasteiger partial charge in [-0.1, -0.05) is 0 Å². The molecule has 0 unspecified atom stereocenters. The third-order valence-electron chi connectivity index (χ3n) is 0. The normalized spacial score (nSPS) is 3.00. The summed E-state index contributed by atoms with van der Waals surface area (Å²) in [6.45, 7) is 0. The molecule has 0 aromatic heterocycles. The average Bonchev–Trinajstić information content (AvgIpc) is 0.918. The first-order chi connectivity index (χ1) is 1.41. The molecule has 4 heavy (non-hydrogen) atoms. The molecule has 4 heteroatoms. The van der Waals surface area contributed by atoms with Crippen LogP contribution in [0.4, 0.5) is 0 Å². The van der Waals surface area contributed by atoms with Gasteiger partial charge in [-0.3, -0.25) is 0 Å². The lowest BCUT2D eigenvalue weighted by molar-refractivity contribution is 0.312. The van der Waals surface area contributed by atoms with E-state index >= 15 is 0 Å². The zero-order valence-corrected chi connectivity index (χ0v) is 1.30. The van der Waals surface area contributed by atoms with E-state index in [0.29, 0.717) is 0 Å². The molecule has 0 aliphatic heterocycles.